The van der Waals surface area contributed by atoms with Crippen LogP contribution < -0.4 is 5.73 Å². The van der Waals surface area contributed by atoms with Crippen molar-refractivity contribution in [1.29, 1.82) is 0 Å². The topological polar surface area (TPSA) is 66.6 Å². The third-order valence-electron chi connectivity index (χ3n) is 2.91. The molecule has 0 spiro atoms. The number of likely N-dealkylation sites (N-methyl/N-ethyl adjacent to an activating group) is 1. The van der Waals surface area contributed by atoms with E-state index in [1.807, 2.05) is 25.1 Å². The molecular formula is C13H20N2O2. The lowest BCUT2D eigenvalue weighted by Crippen LogP contribution is -2.37. The van der Waals surface area contributed by atoms with E-state index in [9.17, 15) is 4.79 Å². The molecule has 0 saturated carbocycles. The molecule has 1 atom stereocenters. The summed E-state index contributed by atoms with van der Waals surface area (Å²) in [7, 11) is 1.70. The molecular weight excluding hydrogens is 216 g/mol. The van der Waals surface area contributed by atoms with Crippen LogP contribution in [-0.2, 0) is 6.42 Å². The van der Waals surface area contributed by atoms with E-state index in [1.165, 1.54) is 0 Å². The van der Waals surface area contributed by atoms with Crippen LogP contribution in [-0.4, -0.2) is 42.2 Å². The molecule has 94 valence electrons. The molecule has 1 aromatic carbocycles. The van der Waals surface area contributed by atoms with E-state index in [0.29, 0.717) is 18.5 Å². The summed E-state index contributed by atoms with van der Waals surface area (Å²) in [5.74, 6) is -0.0735. The van der Waals surface area contributed by atoms with E-state index in [1.54, 1.807) is 18.0 Å². The predicted molar refractivity (Wildman–Crippen MR) is 67.8 cm³/mol. The van der Waals surface area contributed by atoms with Gasteiger partial charge in [-0.3, -0.25) is 4.79 Å². The maximum atomic E-state index is 12.2. The van der Waals surface area contributed by atoms with Crippen LogP contribution in [0.4, 0.5) is 0 Å². The molecule has 1 unspecified atom stereocenters. The Balaban J connectivity index is 2.95. The van der Waals surface area contributed by atoms with Gasteiger partial charge in [-0.15, -0.1) is 0 Å². The Bertz CT molecular complexity index is 379. The van der Waals surface area contributed by atoms with Crippen molar-refractivity contribution in [3.8, 4) is 0 Å². The summed E-state index contributed by atoms with van der Waals surface area (Å²) >= 11 is 0. The zero-order valence-electron chi connectivity index (χ0n) is 10.4. The summed E-state index contributed by atoms with van der Waals surface area (Å²) < 4.78 is 0. The maximum absolute atomic E-state index is 12.2. The summed E-state index contributed by atoms with van der Waals surface area (Å²) in [6.45, 7) is 2.29. The number of carbonyl (C=O) groups is 1. The lowest BCUT2D eigenvalue weighted by atomic mass is 10.0. The van der Waals surface area contributed by atoms with E-state index in [-0.39, 0.29) is 18.6 Å². The molecule has 0 heterocycles. The lowest BCUT2D eigenvalue weighted by molar-refractivity contribution is 0.0681. The van der Waals surface area contributed by atoms with Gasteiger partial charge in [0.25, 0.3) is 5.91 Å². The number of aliphatic hydroxyl groups is 1. The van der Waals surface area contributed by atoms with Crippen LogP contribution in [0, 0.1) is 0 Å². The van der Waals surface area contributed by atoms with Gasteiger partial charge in [-0.05, 0) is 31.5 Å². The number of hydrogen-bond acceptors (Lipinski definition) is 3. The van der Waals surface area contributed by atoms with Crippen LogP contribution >= 0.6 is 0 Å². The number of amides is 1. The second-order valence-electron chi connectivity index (χ2n) is 4.14. The highest BCUT2D eigenvalue weighted by molar-refractivity contribution is 5.95. The largest absolute Gasteiger partial charge is 0.394 e. The van der Waals surface area contributed by atoms with Gasteiger partial charge >= 0.3 is 0 Å². The highest BCUT2D eigenvalue weighted by atomic mass is 16.3. The van der Waals surface area contributed by atoms with Crippen molar-refractivity contribution in [3.63, 3.8) is 0 Å². The Morgan fingerprint density at radius 3 is 2.71 bits per heavy atom. The molecule has 0 fully saturated rings. The molecule has 4 nitrogen and oxygen atoms in total. The molecule has 0 aliphatic carbocycles. The molecule has 1 aromatic rings. The van der Waals surface area contributed by atoms with Gasteiger partial charge < -0.3 is 15.7 Å². The average Bonchev–Trinajstić information content (AvgIpc) is 2.37. The van der Waals surface area contributed by atoms with Crippen LogP contribution in [0.1, 0.15) is 22.8 Å². The number of aliphatic hydroxyl groups excluding tert-OH is 1. The number of nitrogens with zero attached hydrogens (tertiary/aromatic N) is 1. The first-order valence-corrected chi connectivity index (χ1v) is 5.77. The highest BCUT2D eigenvalue weighted by Crippen LogP contribution is 2.13. The van der Waals surface area contributed by atoms with Crippen LogP contribution in [0.3, 0.4) is 0 Å². The van der Waals surface area contributed by atoms with Crippen molar-refractivity contribution >= 4 is 5.91 Å². The monoisotopic (exact) mass is 236 g/mol. The van der Waals surface area contributed by atoms with Crippen molar-refractivity contribution in [1.82, 2.24) is 4.90 Å². The fraction of sp³-hybridized carbons (Fsp3) is 0.462. The van der Waals surface area contributed by atoms with Gasteiger partial charge in [-0.1, -0.05) is 18.2 Å². The van der Waals surface area contributed by atoms with Gasteiger partial charge in [0.2, 0.25) is 0 Å². The Morgan fingerprint density at radius 2 is 2.12 bits per heavy atom. The normalized spacial score (nSPS) is 12.2. The SMILES string of the molecule is CC(CO)N(C)C(=O)c1ccccc1CCN. The van der Waals surface area contributed by atoms with Gasteiger partial charge in [0.15, 0.2) is 0 Å². The first-order chi connectivity index (χ1) is 8.11. The van der Waals surface area contributed by atoms with Gasteiger partial charge in [0.1, 0.15) is 0 Å². The number of hydrogen-bond donors (Lipinski definition) is 2. The molecule has 3 N–H and O–H groups in total. The quantitative estimate of drug-likeness (QED) is 0.788. The smallest absolute Gasteiger partial charge is 0.254 e. The number of rotatable bonds is 5. The van der Waals surface area contributed by atoms with Crippen molar-refractivity contribution in [2.75, 3.05) is 20.2 Å². The van der Waals surface area contributed by atoms with Crippen LogP contribution in [0.25, 0.3) is 0 Å². The third-order valence-corrected chi connectivity index (χ3v) is 2.91. The van der Waals surface area contributed by atoms with E-state index in [0.717, 1.165) is 5.56 Å². The summed E-state index contributed by atoms with van der Waals surface area (Å²) in [6.07, 6.45) is 0.684. The first-order valence-electron chi connectivity index (χ1n) is 5.77. The number of benzene rings is 1. The minimum atomic E-state index is -0.187. The van der Waals surface area contributed by atoms with Crippen molar-refractivity contribution in [2.45, 2.75) is 19.4 Å². The fourth-order valence-electron chi connectivity index (χ4n) is 1.62. The number of carbonyl (C=O) groups excluding carboxylic acids is 1. The first kappa shape index (κ1) is 13.7. The molecule has 4 heteroatoms. The Labute approximate surface area is 102 Å². The van der Waals surface area contributed by atoms with E-state index in [2.05, 4.69) is 0 Å². The molecule has 1 amide bonds. The van der Waals surface area contributed by atoms with Gasteiger partial charge in [0, 0.05) is 12.6 Å². The molecule has 1 rings (SSSR count). The fourth-order valence-corrected chi connectivity index (χ4v) is 1.62. The van der Waals surface area contributed by atoms with Gasteiger partial charge in [0.05, 0.1) is 12.6 Å². The summed E-state index contributed by atoms with van der Waals surface area (Å²) in [6, 6.07) is 7.27. The molecule has 0 aromatic heterocycles. The zero-order valence-corrected chi connectivity index (χ0v) is 10.4. The van der Waals surface area contributed by atoms with Gasteiger partial charge in [-0.2, -0.15) is 0 Å². The standard InChI is InChI=1S/C13H20N2O2/c1-10(9-16)15(2)13(17)12-6-4-3-5-11(12)7-8-14/h3-6,10,16H,7-9,14H2,1-2H3. The Hall–Kier alpha value is -1.39. The summed E-state index contributed by atoms with van der Waals surface area (Å²) in [4.78, 5) is 13.8. The summed E-state index contributed by atoms with van der Waals surface area (Å²) in [5, 5.41) is 9.06. The second kappa shape index (κ2) is 6.37. The lowest BCUT2D eigenvalue weighted by Gasteiger charge is -2.24. The third kappa shape index (κ3) is 3.28. The molecule has 0 saturated heterocycles. The van der Waals surface area contributed by atoms with Crippen molar-refractivity contribution in [2.24, 2.45) is 5.73 Å². The van der Waals surface area contributed by atoms with Crippen LogP contribution in [0.2, 0.25) is 0 Å². The van der Waals surface area contributed by atoms with Crippen molar-refractivity contribution < 1.29 is 9.90 Å². The van der Waals surface area contributed by atoms with E-state index in [4.69, 9.17) is 10.8 Å². The Kier molecular flexibility index (Phi) is 5.12. The number of nitrogens with two attached hydrogens (primary N) is 1. The van der Waals surface area contributed by atoms with Crippen molar-refractivity contribution in [3.05, 3.63) is 35.4 Å². The molecule has 0 bridgehead atoms. The highest BCUT2D eigenvalue weighted by Gasteiger charge is 2.18. The van der Waals surface area contributed by atoms with Crippen LogP contribution in [0.5, 0.6) is 0 Å². The molecule has 0 radical (unpaired) electrons. The maximum Gasteiger partial charge on any atom is 0.254 e. The van der Waals surface area contributed by atoms with E-state index >= 15 is 0 Å². The van der Waals surface area contributed by atoms with E-state index < -0.39 is 0 Å². The minimum Gasteiger partial charge on any atom is -0.394 e. The average molecular weight is 236 g/mol. The second-order valence-corrected chi connectivity index (χ2v) is 4.14. The zero-order chi connectivity index (χ0) is 12.8. The predicted octanol–water partition coefficient (Wildman–Crippen LogP) is 0.641. The van der Waals surface area contributed by atoms with Crippen LogP contribution in [0.15, 0.2) is 24.3 Å². The molecule has 0 aliphatic rings. The molecule has 0 aliphatic heterocycles. The molecule has 17 heavy (non-hydrogen) atoms. The van der Waals surface area contributed by atoms with Gasteiger partial charge in [-0.25, -0.2) is 0 Å². The Morgan fingerprint density at radius 1 is 1.47 bits per heavy atom. The minimum absolute atomic E-state index is 0.0404. The summed E-state index contributed by atoms with van der Waals surface area (Å²) in [5.41, 5.74) is 7.15.